The first-order valence-electron chi connectivity index (χ1n) is 4.10. The number of aldehydes is 1. The van der Waals surface area contributed by atoms with Gasteiger partial charge in [-0.15, -0.1) is 0 Å². The average Bonchev–Trinajstić information content (AvgIpc) is 2.90. The molecule has 0 unspecified atom stereocenters. The Labute approximate surface area is 74.4 Å². The molecule has 0 amide bonds. The Kier molecular flexibility index (Phi) is 1.68. The fourth-order valence-electron chi connectivity index (χ4n) is 1.46. The van der Waals surface area contributed by atoms with Gasteiger partial charge in [0.25, 0.3) is 0 Å². The summed E-state index contributed by atoms with van der Waals surface area (Å²) in [6.45, 7) is 0. The molecule has 68 valence electrons. The molecule has 1 saturated carbocycles. The van der Waals surface area contributed by atoms with Crippen LogP contribution in [0.15, 0.2) is 18.2 Å². The highest BCUT2D eigenvalue weighted by molar-refractivity contribution is 5.73. The summed E-state index contributed by atoms with van der Waals surface area (Å²) in [5, 5.41) is 0. The molecule has 1 fully saturated rings. The molecule has 0 radical (unpaired) electrons. The Bertz CT molecular complexity index is 356. The SMILES string of the molecule is O=CC1(c2cc(F)ccc2F)CC1. The van der Waals surface area contributed by atoms with Crippen molar-refractivity contribution in [1.29, 1.82) is 0 Å². The third-order valence-electron chi connectivity index (χ3n) is 2.48. The third kappa shape index (κ3) is 1.24. The van der Waals surface area contributed by atoms with E-state index in [0.717, 1.165) is 18.2 Å². The van der Waals surface area contributed by atoms with E-state index in [2.05, 4.69) is 0 Å². The van der Waals surface area contributed by atoms with Gasteiger partial charge in [-0.1, -0.05) is 0 Å². The van der Waals surface area contributed by atoms with Gasteiger partial charge in [-0.25, -0.2) is 8.78 Å². The lowest BCUT2D eigenvalue weighted by Gasteiger charge is -2.08. The van der Waals surface area contributed by atoms with E-state index in [0.29, 0.717) is 19.1 Å². The smallest absolute Gasteiger partial charge is 0.130 e. The molecule has 0 bridgehead atoms. The van der Waals surface area contributed by atoms with E-state index in [-0.39, 0.29) is 5.56 Å². The summed E-state index contributed by atoms with van der Waals surface area (Å²) in [4.78, 5) is 10.7. The van der Waals surface area contributed by atoms with E-state index in [9.17, 15) is 13.6 Å². The summed E-state index contributed by atoms with van der Waals surface area (Å²) >= 11 is 0. The van der Waals surface area contributed by atoms with Crippen molar-refractivity contribution < 1.29 is 13.6 Å². The summed E-state index contributed by atoms with van der Waals surface area (Å²) in [7, 11) is 0. The Morgan fingerprint density at radius 3 is 2.54 bits per heavy atom. The molecular formula is C10H8F2O. The van der Waals surface area contributed by atoms with Crippen molar-refractivity contribution in [2.24, 2.45) is 0 Å². The van der Waals surface area contributed by atoms with E-state index in [4.69, 9.17) is 0 Å². The molecule has 1 aliphatic rings. The van der Waals surface area contributed by atoms with E-state index in [1.165, 1.54) is 0 Å². The van der Waals surface area contributed by atoms with Crippen LogP contribution in [0.1, 0.15) is 18.4 Å². The zero-order valence-corrected chi connectivity index (χ0v) is 6.89. The van der Waals surface area contributed by atoms with Crippen LogP contribution < -0.4 is 0 Å². The van der Waals surface area contributed by atoms with Crippen LogP contribution in [0.4, 0.5) is 8.78 Å². The summed E-state index contributed by atoms with van der Waals surface area (Å²) in [6, 6.07) is 3.23. The van der Waals surface area contributed by atoms with Crippen LogP contribution in [-0.2, 0) is 10.2 Å². The van der Waals surface area contributed by atoms with Crippen LogP contribution in [0.5, 0.6) is 0 Å². The lowest BCUT2D eigenvalue weighted by atomic mass is 9.97. The predicted octanol–water partition coefficient (Wildman–Crippen LogP) is 2.20. The first-order chi connectivity index (χ1) is 6.18. The Hall–Kier alpha value is -1.25. The Morgan fingerprint density at radius 2 is 2.00 bits per heavy atom. The van der Waals surface area contributed by atoms with Crippen LogP contribution in [0.3, 0.4) is 0 Å². The largest absolute Gasteiger partial charge is 0.302 e. The highest BCUT2D eigenvalue weighted by atomic mass is 19.1. The fourth-order valence-corrected chi connectivity index (χ4v) is 1.46. The third-order valence-corrected chi connectivity index (χ3v) is 2.48. The molecule has 1 aromatic rings. The minimum atomic E-state index is -0.730. The minimum Gasteiger partial charge on any atom is -0.302 e. The maximum Gasteiger partial charge on any atom is 0.130 e. The molecule has 0 saturated heterocycles. The molecule has 3 heteroatoms. The normalized spacial score (nSPS) is 18.3. The standard InChI is InChI=1S/C10H8F2O/c11-7-1-2-9(12)8(5-7)10(6-13)3-4-10/h1-2,5-6H,3-4H2. The van der Waals surface area contributed by atoms with Crippen molar-refractivity contribution in [3.63, 3.8) is 0 Å². The molecule has 2 rings (SSSR count). The van der Waals surface area contributed by atoms with Gasteiger partial charge < -0.3 is 4.79 Å². The fraction of sp³-hybridized carbons (Fsp3) is 0.300. The monoisotopic (exact) mass is 182 g/mol. The molecule has 0 spiro atoms. The quantitative estimate of drug-likeness (QED) is 0.641. The number of benzene rings is 1. The van der Waals surface area contributed by atoms with Crippen molar-refractivity contribution in [1.82, 2.24) is 0 Å². The van der Waals surface area contributed by atoms with Gasteiger partial charge in [-0.3, -0.25) is 0 Å². The Balaban J connectivity index is 2.50. The van der Waals surface area contributed by atoms with Crippen molar-refractivity contribution in [2.45, 2.75) is 18.3 Å². The molecule has 0 N–H and O–H groups in total. The van der Waals surface area contributed by atoms with Crippen LogP contribution in [-0.4, -0.2) is 6.29 Å². The number of hydrogen-bond acceptors (Lipinski definition) is 1. The van der Waals surface area contributed by atoms with E-state index < -0.39 is 17.0 Å². The highest BCUT2D eigenvalue weighted by Crippen LogP contribution is 2.47. The summed E-state index contributed by atoms with van der Waals surface area (Å²) < 4.78 is 25.9. The minimum absolute atomic E-state index is 0.197. The molecule has 0 aliphatic heterocycles. The Morgan fingerprint density at radius 1 is 1.31 bits per heavy atom. The molecule has 13 heavy (non-hydrogen) atoms. The summed E-state index contributed by atoms with van der Waals surface area (Å²) in [6.07, 6.45) is 1.96. The second-order valence-corrected chi connectivity index (χ2v) is 3.40. The number of rotatable bonds is 2. The zero-order chi connectivity index (χ0) is 9.47. The van der Waals surface area contributed by atoms with Crippen molar-refractivity contribution in [2.75, 3.05) is 0 Å². The van der Waals surface area contributed by atoms with E-state index in [1.807, 2.05) is 0 Å². The van der Waals surface area contributed by atoms with Gasteiger partial charge in [0.05, 0.1) is 5.41 Å². The maximum atomic E-state index is 13.2. The van der Waals surface area contributed by atoms with Crippen LogP contribution in [0, 0.1) is 11.6 Å². The predicted molar refractivity (Wildman–Crippen MR) is 43.3 cm³/mol. The second kappa shape index (κ2) is 2.62. The van der Waals surface area contributed by atoms with Gasteiger partial charge in [0.15, 0.2) is 0 Å². The molecule has 0 atom stereocenters. The number of carbonyl (C=O) groups is 1. The van der Waals surface area contributed by atoms with E-state index in [1.54, 1.807) is 0 Å². The van der Waals surface area contributed by atoms with Crippen LogP contribution in [0.2, 0.25) is 0 Å². The molecule has 0 heterocycles. The van der Waals surface area contributed by atoms with Gasteiger partial charge in [0.2, 0.25) is 0 Å². The first kappa shape index (κ1) is 8.35. The van der Waals surface area contributed by atoms with Gasteiger partial charge in [0.1, 0.15) is 17.9 Å². The molecule has 1 nitrogen and oxygen atoms in total. The van der Waals surface area contributed by atoms with Crippen molar-refractivity contribution in [3.05, 3.63) is 35.4 Å². The summed E-state index contributed by atoms with van der Waals surface area (Å²) in [5.41, 5.74) is -0.533. The first-order valence-corrected chi connectivity index (χ1v) is 4.10. The lowest BCUT2D eigenvalue weighted by Crippen LogP contribution is -2.10. The molecule has 1 aliphatic carbocycles. The average molecular weight is 182 g/mol. The van der Waals surface area contributed by atoms with Gasteiger partial charge in [-0.05, 0) is 31.0 Å². The molecular weight excluding hydrogens is 174 g/mol. The summed E-state index contributed by atoms with van der Waals surface area (Å²) in [5.74, 6) is -0.990. The number of carbonyl (C=O) groups excluding carboxylic acids is 1. The topological polar surface area (TPSA) is 17.1 Å². The number of halogens is 2. The zero-order valence-electron chi connectivity index (χ0n) is 6.89. The van der Waals surface area contributed by atoms with Gasteiger partial charge >= 0.3 is 0 Å². The highest BCUT2D eigenvalue weighted by Gasteiger charge is 2.46. The van der Waals surface area contributed by atoms with Crippen molar-refractivity contribution in [3.8, 4) is 0 Å². The number of hydrogen-bond donors (Lipinski definition) is 0. The molecule has 1 aromatic carbocycles. The second-order valence-electron chi connectivity index (χ2n) is 3.40. The van der Waals surface area contributed by atoms with Gasteiger partial charge in [-0.2, -0.15) is 0 Å². The van der Waals surface area contributed by atoms with Crippen LogP contribution in [0.25, 0.3) is 0 Å². The molecule has 0 aromatic heterocycles. The van der Waals surface area contributed by atoms with Crippen LogP contribution >= 0.6 is 0 Å². The lowest BCUT2D eigenvalue weighted by molar-refractivity contribution is -0.109. The van der Waals surface area contributed by atoms with Gasteiger partial charge in [0, 0.05) is 5.56 Å². The van der Waals surface area contributed by atoms with Crippen molar-refractivity contribution >= 4 is 6.29 Å². The maximum absolute atomic E-state index is 13.2. The van der Waals surface area contributed by atoms with E-state index >= 15 is 0 Å².